The average molecular weight is 435 g/mol. The van der Waals surface area contributed by atoms with Gasteiger partial charge in [-0.15, -0.1) is 0 Å². The second kappa shape index (κ2) is 11.7. The quantitative estimate of drug-likeness (QED) is 0.357. The molecule has 2 amide bonds. The fourth-order valence-electron chi connectivity index (χ4n) is 2.31. The molecule has 0 aliphatic heterocycles. The minimum Gasteiger partial charge on any atom is -0.497 e. The number of ether oxygens (including phenoxy) is 3. The van der Waals surface area contributed by atoms with Crippen LogP contribution in [0.1, 0.15) is 28.8 Å². The third-order valence-electron chi connectivity index (χ3n) is 3.96. The third-order valence-corrected chi connectivity index (χ3v) is 4.38. The van der Waals surface area contributed by atoms with Crippen LogP contribution >= 0.6 is 11.6 Å². The number of rotatable bonds is 9. The fraction of sp³-hybridized carbons (Fsp3) is 0.286. The number of hydrazine groups is 1. The van der Waals surface area contributed by atoms with Gasteiger partial charge in [0.25, 0.3) is 11.8 Å². The Morgan fingerprint density at radius 1 is 1.00 bits per heavy atom. The highest BCUT2D eigenvalue weighted by Crippen LogP contribution is 2.21. The first-order valence-corrected chi connectivity index (χ1v) is 9.54. The number of hydrogen-bond acceptors (Lipinski definition) is 6. The number of methoxy groups -OCH3 is 1. The van der Waals surface area contributed by atoms with E-state index < -0.39 is 24.4 Å². The van der Waals surface area contributed by atoms with Crippen molar-refractivity contribution in [3.05, 3.63) is 58.6 Å². The zero-order chi connectivity index (χ0) is 21.9. The Bertz CT molecular complexity index is 886. The van der Waals surface area contributed by atoms with Gasteiger partial charge in [-0.3, -0.25) is 25.2 Å². The van der Waals surface area contributed by atoms with Gasteiger partial charge in [0.2, 0.25) is 0 Å². The second-order valence-electron chi connectivity index (χ2n) is 6.25. The van der Waals surface area contributed by atoms with Crippen LogP contribution in [0.2, 0.25) is 5.02 Å². The summed E-state index contributed by atoms with van der Waals surface area (Å²) >= 11 is 5.95. The largest absolute Gasteiger partial charge is 0.497 e. The fourth-order valence-corrected chi connectivity index (χ4v) is 2.43. The summed E-state index contributed by atoms with van der Waals surface area (Å²) < 4.78 is 15.4. The van der Waals surface area contributed by atoms with Crippen LogP contribution < -0.4 is 20.3 Å². The molecule has 0 unspecified atom stereocenters. The number of benzene rings is 2. The number of carbonyl (C=O) groups is 3. The van der Waals surface area contributed by atoms with Crippen LogP contribution in [0.15, 0.2) is 42.5 Å². The van der Waals surface area contributed by atoms with E-state index in [4.69, 9.17) is 25.8 Å². The Balaban J connectivity index is 1.60. The first-order valence-electron chi connectivity index (χ1n) is 9.17. The van der Waals surface area contributed by atoms with Crippen LogP contribution in [0, 0.1) is 6.92 Å². The van der Waals surface area contributed by atoms with Gasteiger partial charge in [-0.2, -0.15) is 0 Å². The van der Waals surface area contributed by atoms with Crippen molar-refractivity contribution in [2.45, 2.75) is 19.8 Å². The summed E-state index contributed by atoms with van der Waals surface area (Å²) in [6, 6.07) is 11.6. The molecule has 160 valence electrons. The van der Waals surface area contributed by atoms with Crippen LogP contribution in [-0.2, 0) is 14.3 Å². The van der Waals surface area contributed by atoms with Crippen molar-refractivity contribution in [1.82, 2.24) is 10.9 Å². The molecule has 0 bridgehead atoms. The number of esters is 1. The van der Waals surface area contributed by atoms with Crippen LogP contribution in [0.25, 0.3) is 0 Å². The van der Waals surface area contributed by atoms with Gasteiger partial charge >= 0.3 is 5.97 Å². The van der Waals surface area contributed by atoms with Gasteiger partial charge in [-0.1, -0.05) is 11.6 Å². The SMILES string of the molecule is COc1ccc(C(=O)NNC(=O)COC(=O)CCCOc2ccc(Cl)c(C)c2)cc1. The summed E-state index contributed by atoms with van der Waals surface area (Å²) in [6.45, 7) is 1.69. The topological polar surface area (TPSA) is 103 Å². The first kappa shape index (κ1) is 23.0. The minimum atomic E-state index is -0.655. The number of carbonyl (C=O) groups excluding carboxylic acids is 3. The molecule has 30 heavy (non-hydrogen) atoms. The van der Waals surface area contributed by atoms with Gasteiger partial charge in [-0.25, -0.2) is 0 Å². The van der Waals surface area contributed by atoms with Crippen molar-refractivity contribution in [1.29, 1.82) is 0 Å². The Morgan fingerprint density at radius 2 is 1.70 bits per heavy atom. The molecule has 9 heteroatoms. The number of nitrogens with one attached hydrogen (secondary N) is 2. The summed E-state index contributed by atoms with van der Waals surface area (Å²) in [6.07, 6.45) is 0.522. The zero-order valence-corrected chi connectivity index (χ0v) is 17.5. The van der Waals surface area contributed by atoms with E-state index in [-0.39, 0.29) is 6.42 Å². The molecule has 8 nitrogen and oxygen atoms in total. The lowest BCUT2D eigenvalue weighted by Crippen LogP contribution is -2.43. The highest BCUT2D eigenvalue weighted by molar-refractivity contribution is 6.31. The molecule has 2 aromatic rings. The summed E-state index contributed by atoms with van der Waals surface area (Å²) in [5.41, 5.74) is 5.66. The minimum absolute atomic E-state index is 0.0953. The molecule has 0 saturated heterocycles. The van der Waals surface area contributed by atoms with Crippen molar-refractivity contribution in [3.63, 3.8) is 0 Å². The Labute approximate surface area is 179 Å². The molecule has 0 radical (unpaired) electrons. The summed E-state index contributed by atoms with van der Waals surface area (Å²) in [5.74, 6) is -0.430. The molecule has 0 heterocycles. The average Bonchev–Trinajstić information content (AvgIpc) is 2.76. The molecule has 0 aliphatic carbocycles. The molecule has 0 aliphatic rings. The van der Waals surface area contributed by atoms with E-state index >= 15 is 0 Å². The van der Waals surface area contributed by atoms with E-state index in [1.165, 1.54) is 7.11 Å². The molecule has 0 aromatic heterocycles. The molecule has 2 N–H and O–H groups in total. The Kier molecular flexibility index (Phi) is 8.96. The number of halogens is 1. The molecule has 0 fully saturated rings. The van der Waals surface area contributed by atoms with Gasteiger partial charge in [0.05, 0.1) is 13.7 Å². The molecular formula is C21H23ClN2O6. The van der Waals surface area contributed by atoms with E-state index in [9.17, 15) is 14.4 Å². The van der Waals surface area contributed by atoms with Crippen LogP contribution in [-0.4, -0.2) is 38.1 Å². The van der Waals surface area contributed by atoms with E-state index in [0.717, 1.165) is 5.56 Å². The molecule has 2 rings (SSSR count). The second-order valence-corrected chi connectivity index (χ2v) is 6.66. The molecule has 0 atom stereocenters. The van der Waals surface area contributed by atoms with Gasteiger partial charge in [-0.05, 0) is 61.4 Å². The normalized spacial score (nSPS) is 10.1. The van der Waals surface area contributed by atoms with Crippen LogP contribution in [0.4, 0.5) is 0 Å². The highest BCUT2D eigenvalue weighted by Gasteiger charge is 2.10. The third kappa shape index (κ3) is 7.63. The summed E-state index contributed by atoms with van der Waals surface area (Å²) in [4.78, 5) is 35.3. The van der Waals surface area contributed by atoms with E-state index in [1.807, 2.05) is 13.0 Å². The first-order chi connectivity index (χ1) is 14.4. The van der Waals surface area contributed by atoms with Gasteiger partial charge in [0, 0.05) is 17.0 Å². The lowest BCUT2D eigenvalue weighted by atomic mass is 10.2. The van der Waals surface area contributed by atoms with Crippen molar-refractivity contribution in [2.24, 2.45) is 0 Å². The van der Waals surface area contributed by atoms with E-state index in [2.05, 4.69) is 10.9 Å². The predicted octanol–water partition coefficient (Wildman–Crippen LogP) is 2.82. The monoisotopic (exact) mass is 434 g/mol. The molecule has 2 aromatic carbocycles. The maximum absolute atomic E-state index is 11.9. The summed E-state index contributed by atoms with van der Waals surface area (Å²) in [5, 5.41) is 0.657. The molecular weight excluding hydrogens is 412 g/mol. The Hall–Kier alpha value is -3.26. The standard InChI is InChI=1S/C21H23ClN2O6/c1-14-12-17(9-10-18(14)22)29-11-3-4-20(26)30-13-19(25)23-24-21(27)15-5-7-16(28-2)8-6-15/h5-10,12H,3-4,11,13H2,1-2H3,(H,23,25)(H,24,27). The van der Waals surface area contributed by atoms with E-state index in [0.29, 0.717) is 35.1 Å². The number of hydrogen-bond donors (Lipinski definition) is 2. The summed E-state index contributed by atoms with van der Waals surface area (Å²) in [7, 11) is 1.52. The van der Waals surface area contributed by atoms with Crippen molar-refractivity contribution < 1.29 is 28.6 Å². The van der Waals surface area contributed by atoms with Crippen molar-refractivity contribution >= 4 is 29.4 Å². The van der Waals surface area contributed by atoms with Crippen LogP contribution in [0.5, 0.6) is 11.5 Å². The van der Waals surface area contributed by atoms with Crippen LogP contribution in [0.3, 0.4) is 0 Å². The highest BCUT2D eigenvalue weighted by atomic mass is 35.5. The molecule has 0 saturated carbocycles. The van der Waals surface area contributed by atoms with Crippen molar-refractivity contribution in [2.75, 3.05) is 20.3 Å². The lowest BCUT2D eigenvalue weighted by Gasteiger charge is -2.09. The van der Waals surface area contributed by atoms with Crippen molar-refractivity contribution in [3.8, 4) is 11.5 Å². The predicted molar refractivity (Wildman–Crippen MR) is 110 cm³/mol. The maximum Gasteiger partial charge on any atom is 0.306 e. The lowest BCUT2D eigenvalue weighted by molar-refractivity contribution is -0.148. The number of aryl methyl sites for hydroxylation is 1. The van der Waals surface area contributed by atoms with E-state index in [1.54, 1.807) is 36.4 Å². The smallest absolute Gasteiger partial charge is 0.306 e. The Morgan fingerprint density at radius 3 is 2.37 bits per heavy atom. The maximum atomic E-state index is 11.9. The van der Waals surface area contributed by atoms with Gasteiger partial charge in [0.1, 0.15) is 11.5 Å². The zero-order valence-electron chi connectivity index (χ0n) is 16.7. The van der Waals surface area contributed by atoms with Gasteiger partial charge < -0.3 is 14.2 Å². The number of amides is 2. The van der Waals surface area contributed by atoms with Gasteiger partial charge in [0.15, 0.2) is 6.61 Å². The molecule has 0 spiro atoms.